The summed E-state index contributed by atoms with van der Waals surface area (Å²) in [6, 6.07) is 4.28. The molecule has 0 saturated heterocycles. The summed E-state index contributed by atoms with van der Waals surface area (Å²) in [6.45, 7) is 2.03. The summed E-state index contributed by atoms with van der Waals surface area (Å²) in [7, 11) is 0. The summed E-state index contributed by atoms with van der Waals surface area (Å²) >= 11 is 1.43. The quantitative estimate of drug-likeness (QED) is 0.411. The standard InChI is InChI=1S/C20H21NO5S/c1-2-26-20(25)18-13-5-3-4-6-16(13)27-19(18)21-17(24)10-8-12-7-9-14(22)15(23)11-12/h7-11,22-23H,2-6H2,1H3,(H,21,24). The van der Waals surface area contributed by atoms with Crippen LogP contribution in [0, 0.1) is 0 Å². The fourth-order valence-electron chi connectivity index (χ4n) is 3.04. The maximum atomic E-state index is 12.4. The number of phenolic OH excluding ortho intramolecular Hbond substituents is 2. The van der Waals surface area contributed by atoms with Crippen molar-refractivity contribution in [3.63, 3.8) is 0 Å². The van der Waals surface area contributed by atoms with E-state index >= 15 is 0 Å². The van der Waals surface area contributed by atoms with E-state index < -0.39 is 5.97 Å². The second-order valence-corrected chi connectivity index (χ2v) is 7.31. The Balaban J connectivity index is 1.80. The first-order chi connectivity index (χ1) is 13.0. The fraction of sp³-hybridized carbons (Fsp3) is 0.300. The van der Waals surface area contributed by atoms with Crippen LogP contribution in [-0.2, 0) is 22.4 Å². The van der Waals surface area contributed by atoms with Gasteiger partial charge in [0.25, 0.3) is 0 Å². The molecule has 0 unspecified atom stereocenters. The monoisotopic (exact) mass is 387 g/mol. The van der Waals surface area contributed by atoms with Crippen LogP contribution in [0.5, 0.6) is 11.5 Å². The number of aryl methyl sites for hydroxylation is 1. The van der Waals surface area contributed by atoms with Crippen LogP contribution < -0.4 is 5.32 Å². The largest absolute Gasteiger partial charge is 0.504 e. The maximum Gasteiger partial charge on any atom is 0.341 e. The highest BCUT2D eigenvalue weighted by Crippen LogP contribution is 2.38. The fourth-order valence-corrected chi connectivity index (χ4v) is 4.32. The van der Waals surface area contributed by atoms with E-state index in [0.717, 1.165) is 36.1 Å². The van der Waals surface area contributed by atoms with Gasteiger partial charge in [-0.15, -0.1) is 11.3 Å². The third kappa shape index (κ3) is 4.31. The molecule has 2 aromatic rings. The summed E-state index contributed by atoms with van der Waals surface area (Å²) in [6.07, 6.45) is 6.66. The number of thiophene rings is 1. The summed E-state index contributed by atoms with van der Waals surface area (Å²) < 4.78 is 5.18. The molecule has 0 fully saturated rings. The first kappa shape index (κ1) is 19.0. The zero-order valence-electron chi connectivity index (χ0n) is 14.9. The molecule has 0 bridgehead atoms. The maximum absolute atomic E-state index is 12.4. The van der Waals surface area contributed by atoms with Gasteiger partial charge in [0.2, 0.25) is 5.91 Å². The predicted octanol–water partition coefficient (Wildman–Crippen LogP) is 3.87. The smallest absolute Gasteiger partial charge is 0.341 e. The zero-order valence-corrected chi connectivity index (χ0v) is 15.8. The second-order valence-electron chi connectivity index (χ2n) is 6.21. The molecule has 142 valence electrons. The van der Waals surface area contributed by atoms with Gasteiger partial charge in [-0.3, -0.25) is 4.79 Å². The molecular weight excluding hydrogens is 366 g/mol. The van der Waals surface area contributed by atoms with Crippen molar-refractivity contribution < 1.29 is 24.5 Å². The third-order valence-electron chi connectivity index (χ3n) is 4.31. The molecule has 7 heteroatoms. The van der Waals surface area contributed by atoms with Crippen LogP contribution in [0.4, 0.5) is 5.00 Å². The molecular formula is C20H21NO5S. The Labute approximate surface area is 161 Å². The number of fused-ring (bicyclic) bond motifs is 1. The summed E-state index contributed by atoms with van der Waals surface area (Å²) in [5.74, 6) is -1.26. The Hall–Kier alpha value is -2.80. The number of amides is 1. The Morgan fingerprint density at radius 3 is 2.74 bits per heavy atom. The molecule has 0 saturated carbocycles. The minimum Gasteiger partial charge on any atom is -0.504 e. The Kier molecular flexibility index (Phi) is 5.81. The van der Waals surface area contributed by atoms with Crippen molar-refractivity contribution in [1.29, 1.82) is 0 Å². The number of phenols is 2. The van der Waals surface area contributed by atoms with Gasteiger partial charge in [-0.05, 0) is 61.9 Å². The van der Waals surface area contributed by atoms with Gasteiger partial charge in [-0.2, -0.15) is 0 Å². The molecule has 1 aliphatic rings. The average Bonchev–Trinajstić information content (AvgIpc) is 3.00. The summed E-state index contributed by atoms with van der Waals surface area (Å²) in [4.78, 5) is 25.9. The molecule has 0 spiro atoms. The van der Waals surface area contributed by atoms with Crippen molar-refractivity contribution in [1.82, 2.24) is 0 Å². The molecule has 0 atom stereocenters. The number of rotatable bonds is 5. The van der Waals surface area contributed by atoms with Crippen molar-refractivity contribution in [2.45, 2.75) is 32.6 Å². The Bertz CT molecular complexity index is 900. The number of ether oxygens (including phenoxy) is 1. The molecule has 3 N–H and O–H groups in total. The Morgan fingerprint density at radius 2 is 2.00 bits per heavy atom. The van der Waals surface area contributed by atoms with Crippen LogP contribution in [0.3, 0.4) is 0 Å². The third-order valence-corrected chi connectivity index (χ3v) is 5.52. The molecule has 1 aliphatic carbocycles. The SMILES string of the molecule is CCOC(=O)c1c(NC(=O)C=Cc2ccc(O)c(O)c2)sc2c1CCCC2. The second kappa shape index (κ2) is 8.26. The highest BCUT2D eigenvalue weighted by molar-refractivity contribution is 7.17. The van der Waals surface area contributed by atoms with E-state index in [1.54, 1.807) is 13.0 Å². The molecule has 1 amide bonds. The lowest BCUT2D eigenvalue weighted by Gasteiger charge is -2.12. The number of hydrogen-bond acceptors (Lipinski definition) is 6. The van der Waals surface area contributed by atoms with Crippen molar-refractivity contribution in [3.8, 4) is 11.5 Å². The zero-order chi connectivity index (χ0) is 19.4. The molecule has 1 aromatic heterocycles. The molecule has 0 radical (unpaired) electrons. The van der Waals surface area contributed by atoms with Crippen LogP contribution in [0.25, 0.3) is 6.08 Å². The van der Waals surface area contributed by atoms with Crippen molar-refractivity contribution >= 4 is 34.3 Å². The predicted molar refractivity (Wildman–Crippen MR) is 104 cm³/mol. The molecule has 0 aliphatic heterocycles. The number of carbonyl (C=O) groups is 2. The van der Waals surface area contributed by atoms with E-state index in [1.165, 1.54) is 35.6 Å². The van der Waals surface area contributed by atoms with Gasteiger partial charge in [0.15, 0.2) is 11.5 Å². The number of carbonyl (C=O) groups excluding carboxylic acids is 2. The Morgan fingerprint density at radius 1 is 1.22 bits per heavy atom. The lowest BCUT2D eigenvalue weighted by Crippen LogP contribution is -2.14. The normalized spacial score (nSPS) is 13.4. The van der Waals surface area contributed by atoms with E-state index in [0.29, 0.717) is 16.1 Å². The van der Waals surface area contributed by atoms with Gasteiger partial charge in [-0.1, -0.05) is 6.07 Å². The molecule has 6 nitrogen and oxygen atoms in total. The number of aromatic hydroxyl groups is 2. The number of benzene rings is 1. The van der Waals surface area contributed by atoms with Crippen LogP contribution in [0.2, 0.25) is 0 Å². The minimum absolute atomic E-state index is 0.222. The average molecular weight is 387 g/mol. The van der Waals surface area contributed by atoms with Gasteiger partial charge in [-0.25, -0.2) is 4.79 Å². The lowest BCUT2D eigenvalue weighted by molar-refractivity contribution is -0.111. The minimum atomic E-state index is -0.403. The molecule has 27 heavy (non-hydrogen) atoms. The number of esters is 1. The lowest BCUT2D eigenvalue weighted by atomic mass is 9.95. The van der Waals surface area contributed by atoms with E-state index in [2.05, 4.69) is 5.32 Å². The van der Waals surface area contributed by atoms with E-state index in [9.17, 15) is 19.8 Å². The number of anilines is 1. The van der Waals surface area contributed by atoms with Crippen LogP contribution in [0.15, 0.2) is 24.3 Å². The van der Waals surface area contributed by atoms with Crippen LogP contribution in [-0.4, -0.2) is 28.7 Å². The first-order valence-corrected chi connectivity index (χ1v) is 9.64. The summed E-state index contributed by atoms with van der Waals surface area (Å²) in [5.41, 5.74) is 2.03. The van der Waals surface area contributed by atoms with Gasteiger partial charge in [0, 0.05) is 11.0 Å². The molecule has 1 aromatic carbocycles. The van der Waals surface area contributed by atoms with Crippen LogP contribution in [0.1, 0.15) is 46.1 Å². The van der Waals surface area contributed by atoms with Gasteiger partial charge in [0.05, 0.1) is 12.2 Å². The number of nitrogens with one attached hydrogen (secondary N) is 1. The van der Waals surface area contributed by atoms with E-state index in [4.69, 9.17) is 4.74 Å². The van der Waals surface area contributed by atoms with Crippen molar-refractivity contribution in [2.75, 3.05) is 11.9 Å². The van der Waals surface area contributed by atoms with Crippen molar-refractivity contribution in [2.24, 2.45) is 0 Å². The van der Waals surface area contributed by atoms with Gasteiger partial charge < -0.3 is 20.3 Å². The van der Waals surface area contributed by atoms with E-state index in [1.807, 2.05) is 0 Å². The molecule has 1 heterocycles. The molecule has 3 rings (SSSR count). The van der Waals surface area contributed by atoms with Crippen LogP contribution >= 0.6 is 11.3 Å². The summed E-state index contributed by atoms with van der Waals surface area (Å²) in [5, 5.41) is 22.1. The topological polar surface area (TPSA) is 95.9 Å². The number of hydrogen-bond donors (Lipinski definition) is 3. The van der Waals surface area contributed by atoms with Gasteiger partial charge >= 0.3 is 5.97 Å². The van der Waals surface area contributed by atoms with Crippen molar-refractivity contribution in [3.05, 3.63) is 45.8 Å². The van der Waals surface area contributed by atoms with E-state index in [-0.39, 0.29) is 24.0 Å². The van der Waals surface area contributed by atoms with Gasteiger partial charge in [0.1, 0.15) is 5.00 Å². The highest BCUT2D eigenvalue weighted by atomic mass is 32.1. The highest BCUT2D eigenvalue weighted by Gasteiger charge is 2.26. The first-order valence-electron chi connectivity index (χ1n) is 8.82.